The van der Waals surface area contributed by atoms with E-state index in [0.717, 1.165) is 31.5 Å². The van der Waals surface area contributed by atoms with Crippen LogP contribution in [0.2, 0.25) is 0 Å². The number of carbonyl (C=O) groups is 1. The molecule has 5 heteroatoms. The van der Waals surface area contributed by atoms with Crippen LogP contribution in [0.25, 0.3) is 0 Å². The van der Waals surface area contributed by atoms with Crippen molar-refractivity contribution in [2.75, 3.05) is 25.6 Å². The topological polar surface area (TPSA) is 65.5 Å². The highest BCUT2D eigenvalue weighted by molar-refractivity contribution is 5.94. The van der Waals surface area contributed by atoms with Crippen molar-refractivity contribution in [3.63, 3.8) is 0 Å². The maximum atomic E-state index is 12.3. The summed E-state index contributed by atoms with van der Waals surface area (Å²) in [5.74, 6) is 0.901. The van der Waals surface area contributed by atoms with Crippen molar-refractivity contribution >= 4 is 11.7 Å². The normalized spacial score (nSPS) is 22.4. The van der Waals surface area contributed by atoms with E-state index in [0.29, 0.717) is 5.56 Å². The van der Waals surface area contributed by atoms with Crippen LogP contribution in [0.1, 0.15) is 42.5 Å². The number of nitrogens with one attached hydrogen (secondary N) is 1. The Kier molecular flexibility index (Phi) is 5.56. The highest BCUT2D eigenvalue weighted by atomic mass is 16.3. The van der Waals surface area contributed by atoms with Gasteiger partial charge in [0.05, 0.1) is 5.56 Å². The van der Waals surface area contributed by atoms with Crippen LogP contribution in [0.5, 0.6) is 0 Å². The first kappa shape index (κ1) is 15.8. The highest BCUT2D eigenvalue weighted by Crippen LogP contribution is 2.23. The SMILES string of the molecule is CN(C)c1ccc(C(=O)NC2CCCCCC2CO)cn1. The van der Waals surface area contributed by atoms with Gasteiger partial charge in [0.25, 0.3) is 5.91 Å². The third-order valence-electron chi connectivity index (χ3n) is 4.18. The van der Waals surface area contributed by atoms with Gasteiger partial charge < -0.3 is 15.3 Å². The van der Waals surface area contributed by atoms with Crippen molar-refractivity contribution in [1.82, 2.24) is 10.3 Å². The minimum absolute atomic E-state index is 0.0681. The Balaban J connectivity index is 2.02. The molecule has 0 bridgehead atoms. The van der Waals surface area contributed by atoms with Crippen LogP contribution < -0.4 is 10.2 Å². The summed E-state index contributed by atoms with van der Waals surface area (Å²) in [6.07, 6.45) is 6.96. The minimum Gasteiger partial charge on any atom is -0.396 e. The quantitative estimate of drug-likeness (QED) is 0.831. The van der Waals surface area contributed by atoms with Gasteiger partial charge >= 0.3 is 0 Å². The number of nitrogens with zero attached hydrogens (tertiary/aromatic N) is 2. The second-order valence-electron chi connectivity index (χ2n) is 5.96. The Morgan fingerprint density at radius 2 is 2.10 bits per heavy atom. The molecule has 2 unspecified atom stereocenters. The molecule has 2 rings (SSSR count). The molecule has 21 heavy (non-hydrogen) atoms. The lowest BCUT2D eigenvalue weighted by Crippen LogP contribution is -2.41. The molecule has 1 amide bonds. The van der Waals surface area contributed by atoms with Gasteiger partial charge in [0.2, 0.25) is 0 Å². The summed E-state index contributed by atoms with van der Waals surface area (Å²) in [5.41, 5.74) is 0.571. The van der Waals surface area contributed by atoms with E-state index in [1.165, 1.54) is 6.42 Å². The van der Waals surface area contributed by atoms with Crippen LogP contribution in [0, 0.1) is 5.92 Å². The van der Waals surface area contributed by atoms with E-state index in [1.54, 1.807) is 12.3 Å². The van der Waals surface area contributed by atoms with Crippen molar-refractivity contribution < 1.29 is 9.90 Å². The van der Waals surface area contributed by atoms with E-state index < -0.39 is 0 Å². The minimum atomic E-state index is -0.0989. The number of aliphatic hydroxyl groups excluding tert-OH is 1. The molecular weight excluding hydrogens is 266 g/mol. The molecule has 0 aliphatic heterocycles. The van der Waals surface area contributed by atoms with Crippen molar-refractivity contribution in [1.29, 1.82) is 0 Å². The standard InChI is InChI=1S/C16H25N3O2/c1-19(2)15-9-8-12(10-17-15)16(21)18-14-7-5-3-4-6-13(14)11-20/h8-10,13-14,20H,3-7,11H2,1-2H3,(H,18,21). The molecule has 5 nitrogen and oxygen atoms in total. The number of pyridine rings is 1. The first-order valence-corrected chi connectivity index (χ1v) is 7.67. The van der Waals surface area contributed by atoms with Gasteiger partial charge in [-0.15, -0.1) is 0 Å². The summed E-state index contributed by atoms with van der Waals surface area (Å²) < 4.78 is 0. The van der Waals surface area contributed by atoms with Crippen molar-refractivity contribution in [3.05, 3.63) is 23.9 Å². The molecule has 0 saturated heterocycles. The van der Waals surface area contributed by atoms with E-state index in [1.807, 2.05) is 25.1 Å². The third-order valence-corrected chi connectivity index (χ3v) is 4.18. The number of anilines is 1. The average molecular weight is 291 g/mol. The number of amides is 1. The second-order valence-corrected chi connectivity index (χ2v) is 5.96. The molecule has 0 aromatic carbocycles. The van der Waals surface area contributed by atoms with Gasteiger partial charge in [-0.2, -0.15) is 0 Å². The zero-order valence-corrected chi connectivity index (χ0v) is 12.9. The Labute approximate surface area is 126 Å². The summed E-state index contributed by atoms with van der Waals surface area (Å²) in [5, 5.41) is 12.6. The van der Waals surface area contributed by atoms with Crippen molar-refractivity contribution in [2.45, 2.75) is 38.1 Å². The molecule has 0 radical (unpaired) electrons. The van der Waals surface area contributed by atoms with Crippen LogP contribution >= 0.6 is 0 Å². The van der Waals surface area contributed by atoms with Crippen LogP contribution in [0.3, 0.4) is 0 Å². The fourth-order valence-electron chi connectivity index (χ4n) is 2.83. The zero-order valence-electron chi connectivity index (χ0n) is 12.9. The van der Waals surface area contributed by atoms with E-state index >= 15 is 0 Å². The zero-order chi connectivity index (χ0) is 15.2. The predicted molar refractivity (Wildman–Crippen MR) is 83.5 cm³/mol. The molecule has 1 heterocycles. The molecule has 2 N–H and O–H groups in total. The molecular formula is C16H25N3O2. The van der Waals surface area contributed by atoms with Gasteiger partial charge in [0.15, 0.2) is 0 Å². The Bertz CT molecular complexity index is 459. The lowest BCUT2D eigenvalue weighted by atomic mass is 9.95. The first-order valence-electron chi connectivity index (χ1n) is 7.67. The van der Waals surface area contributed by atoms with Gasteiger partial charge in [-0.3, -0.25) is 4.79 Å². The van der Waals surface area contributed by atoms with Crippen LogP contribution in [-0.2, 0) is 0 Å². The summed E-state index contributed by atoms with van der Waals surface area (Å²) in [6, 6.07) is 3.70. The van der Waals surface area contributed by atoms with Gasteiger partial charge in [0, 0.05) is 38.9 Å². The highest BCUT2D eigenvalue weighted by Gasteiger charge is 2.25. The van der Waals surface area contributed by atoms with Crippen molar-refractivity contribution in [2.24, 2.45) is 5.92 Å². The maximum absolute atomic E-state index is 12.3. The van der Waals surface area contributed by atoms with Gasteiger partial charge in [-0.25, -0.2) is 4.98 Å². The maximum Gasteiger partial charge on any atom is 0.253 e. The van der Waals surface area contributed by atoms with Crippen LogP contribution in [0.15, 0.2) is 18.3 Å². The van der Waals surface area contributed by atoms with Gasteiger partial charge in [-0.1, -0.05) is 19.3 Å². The number of rotatable bonds is 4. The van der Waals surface area contributed by atoms with Crippen LogP contribution in [0.4, 0.5) is 5.82 Å². The molecule has 1 aromatic heterocycles. The Morgan fingerprint density at radius 1 is 1.33 bits per heavy atom. The van der Waals surface area contributed by atoms with E-state index in [4.69, 9.17) is 0 Å². The molecule has 116 valence electrons. The van der Waals surface area contributed by atoms with Gasteiger partial charge in [0.1, 0.15) is 5.82 Å². The number of hydrogen-bond acceptors (Lipinski definition) is 4. The molecule has 1 aliphatic rings. The second kappa shape index (κ2) is 7.41. The molecule has 1 aliphatic carbocycles. The lowest BCUT2D eigenvalue weighted by molar-refractivity contribution is 0.0899. The summed E-state index contributed by atoms with van der Waals surface area (Å²) in [4.78, 5) is 18.5. The van der Waals surface area contributed by atoms with Gasteiger partial charge in [-0.05, 0) is 25.0 Å². The van der Waals surface area contributed by atoms with Crippen molar-refractivity contribution in [3.8, 4) is 0 Å². The number of hydrogen-bond donors (Lipinski definition) is 2. The average Bonchev–Trinajstić information content (AvgIpc) is 2.72. The largest absolute Gasteiger partial charge is 0.396 e. The number of carbonyl (C=O) groups excluding carboxylic acids is 1. The summed E-state index contributed by atoms with van der Waals surface area (Å²) >= 11 is 0. The smallest absolute Gasteiger partial charge is 0.253 e. The molecule has 1 aromatic rings. The predicted octanol–water partition coefficient (Wildman–Crippen LogP) is 1.82. The van der Waals surface area contributed by atoms with E-state index in [-0.39, 0.29) is 24.5 Å². The first-order chi connectivity index (χ1) is 10.1. The molecule has 2 atom stereocenters. The fourth-order valence-corrected chi connectivity index (χ4v) is 2.83. The third kappa shape index (κ3) is 4.17. The Morgan fingerprint density at radius 3 is 2.71 bits per heavy atom. The summed E-state index contributed by atoms with van der Waals surface area (Å²) in [7, 11) is 3.83. The number of aliphatic hydroxyl groups is 1. The fraction of sp³-hybridized carbons (Fsp3) is 0.625. The monoisotopic (exact) mass is 291 g/mol. The summed E-state index contributed by atoms with van der Waals surface area (Å²) in [6.45, 7) is 0.142. The Hall–Kier alpha value is -1.62. The lowest BCUT2D eigenvalue weighted by Gasteiger charge is -2.24. The van der Waals surface area contributed by atoms with E-state index in [2.05, 4.69) is 10.3 Å². The van der Waals surface area contributed by atoms with E-state index in [9.17, 15) is 9.90 Å². The number of aromatic nitrogens is 1. The molecule has 1 fully saturated rings. The molecule has 0 spiro atoms. The van der Waals surface area contributed by atoms with Crippen LogP contribution in [-0.4, -0.2) is 42.7 Å². The molecule has 1 saturated carbocycles.